The summed E-state index contributed by atoms with van der Waals surface area (Å²) in [6, 6.07) is 0. The zero-order chi connectivity index (χ0) is 15.2. The summed E-state index contributed by atoms with van der Waals surface area (Å²) < 4.78 is 9.56. The Morgan fingerprint density at radius 2 is 1.58 bits per heavy atom. The van der Waals surface area contributed by atoms with Gasteiger partial charge >= 0.3 is 17.9 Å². The van der Waals surface area contributed by atoms with Crippen LogP contribution in [0, 0.1) is 17.3 Å². The lowest BCUT2D eigenvalue weighted by molar-refractivity contribution is -0.175. The molecule has 0 aliphatic rings. The summed E-state index contributed by atoms with van der Waals surface area (Å²) in [7, 11) is 0. The van der Waals surface area contributed by atoms with Crippen molar-refractivity contribution in [3.63, 3.8) is 0 Å². The molecule has 0 aromatic heterocycles. The van der Waals surface area contributed by atoms with Crippen molar-refractivity contribution in [2.45, 2.75) is 41.0 Å². The van der Waals surface area contributed by atoms with Gasteiger partial charge < -0.3 is 14.6 Å². The van der Waals surface area contributed by atoms with Crippen LogP contribution in [-0.2, 0) is 23.9 Å². The van der Waals surface area contributed by atoms with Gasteiger partial charge in [-0.15, -0.1) is 0 Å². The molecule has 0 radical (unpaired) electrons. The van der Waals surface area contributed by atoms with Crippen molar-refractivity contribution in [3.05, 3.63) is 0 Å². The van der Waals surface area contributed by atoms with Gasteiger partial charge in [0.25, 0.3) is 0 Å². The fraction of sp³-hybridized carbons (Fsp3) is 0.769. The lowest BCUT2D eigenvalue weighted by Gasteiger charge is -2.17. The first-order valence-electron chi connectivity index (χ1n) is 6.12. The van der Waals surface area contributed by atoms with Crippen LogP contribution in [0.1, 0.15) is 41.0 Å². The number of carboxylic acids is 1. The molecule has 6 heteroatoms. The van der Waals surface area contributed by atoms with Crippen LogP contribution in [-0.4, -0.2) is 29.8 Å². The Balaban J connectivity index is 4.05. The average molecular weight is 274 g/mol. The van der Waals surface area contributed by atoms with E-state index in [0.29, 0.717) is 0 Å². The smallest absolute Gasteiger partial charge is 0.314 e. The number of hydrogen-bond donors (Lipinski definition) is 1. The van der Waals surface area contributed by atoms with E-state index in [9.17, 15) is 14.4 Å². The van der Waals surface area contributed by atoms with Gasteiger partial charge in [0.2, 0.25) is 6.79 Å². The first-order chi connectivity index (χ1) is 8.55. The molecule has 6 nitrogen and oxygen atoms in total. The van der Waals surface area contributed by atoms with Gasteiger partial charge in [-0.3, -0.25) is 14.4 Å². The summed E-state index contributed by atoms with van der Waals surface area (Å²) in [5.74, 6) is -3.18. The van der Waals surface area contributed by atoms with Gasteiger partial charge in [-0.25, -0.2) is 0 Å². The van der Waals surface area contributed by atoms with Gasteiger partial charge in [0.05, 0.1) is 17.3 Å². The van der Waals surface area contributed by atoms with Crippen molar-refractivity contribution in [1.82, 2.24) is 0 Å². The Hall–Kier alpha value is -1.59. The second-order valence-corrected chi connectivity index (χ2v) is 5.64. The Labute approximate surface area is 113 Å². The van der Waals surface area contributed by atoms with Gasteiger partial charge in [0.15, 0.2) is 0 Å². The first-order valence-corrected chi connectivity index (χ1v) is 6.12. The maximum Gasteiger partial charge on any atom is 0.314 e. The number of rotatable bonds is 6. The number of carbonyl (C=O) groups is 3. The normalized spacial score (nSPS) is 14.4. The van der Waals surface area contributed by atoms with E-state index in [1.54, 1.807) is 27.7 Å². The summed E-state index contributed by atoms with van der Waals surface area (Å²) in [6.07, 6.45) is 0.182. The predicted molar refractivity (Wildman–Crippen MR) is 67.1 cm³/mol. The van der Waals surface area contributed by atoms with E-state index in [2.05, 4.69) is 0 Å². The van der Waals surface area contributed by atoms with Gasteiger partial charge in [0.1, 0.15) is 0 Å². The number of esters is 2. The Kier molecular flexibility index (Phi) is 6.52. The lowest BCUT2D eigenvalue weighted by Crippen LogP contribution is -2.26. The van der Waals surface area contributed by atoms with Crippen molar-refractivity contribution in [2.24, 2.45) is 17.3 Å². The highest BCUT2D eigenvalue weighted by Gasteiger charge is 2.25. The highest BCUT2D eigenvalue weighted by atomic mass is 16.7. The summed E-state index contributed by atoms with van der Waals surface area (Å²) in [5.41, 5.74) is -0.657. The molecule has 0 spiro atoms. The molecule has 0 aromatic rings. The number of ether oxygens (including phenoxy) is 2. The summed E-state index contributed by atoms with van der Waals surface area (Å²) in [4.78, 5) is 33.6. The molecule has 0 unspecified atom stereocenters. The minimum atomic E-state index is -0.959. The third-order valence-corrected chi connectivity index (χ3v) is 2.53. The molecule has 0 rings (SSSR count). The Morgan fingerprint density at radius 1 is 1.05 bits per heavy atom. The zero-order valence-corrected chi connectivity index (χ0v) is 12.1. The van der Waals surface area contributed by atoms with Gasteiger partial charge in [-0.2, -0.15) is 0 Å². The number of hydrogen-bond acceptors (Lipinski definition) is 5. The van der Waals surface area contributed by atoms with Crippen molar-refractivity contribution in [2.75, 3.05) is 6.79 Å². The third kappa shape index (κ3) is 6.79. The predicted octanol–water partition coefficient (Wildman–Crippen LogP) is 1.82. The molecule has 0 aliphatic heterocycles. The fourth-order valence-electron chi connectivity index (χ4n) is 1.23. The minimum absolute atomic E-state index is 0.182. The van der Waals surface area contributed by atoms with Gasteiger partial charge in [-0.05, 0) is 27.2 Å². The maximum absolute atomic E-state index is 11.5. The van der Waals surface area contributed by atoms with E-state index >= 15 is 0 Å². The second kappa shape index (κ2) is 7.11. The van der Waals surface area contributed by atoms with Crippen molar-refractivity contribution < 1.29 is 29.0 Å². The molecule has 0 saturated heterocycles. The highest BCUT2D eigenvalue weighted by molar-refractivity contribution is 5.76. The number of aliphatic carboxylic acids is 1. The molecule has 2 atom stereocenters. The van der Waals surface area contributed by atoms with E-state index in [4.69, 9.17) is 14.6 Å². The topological polar surface area (TPSA) is 89.9 Å². The monoisotopic (exact) mass is 274 g/mol. The summed E-state index contributed by atoms with van der Waals surface area (Å²) in [5, 5.41) is 8.73. The molecule has 0 fully saturated rings. The van der Waals surface area contributed by atoms with Crippen molar-refractivity contribution >= 4 is 17.9 Å². The average Bonchev–Trinajstić information content (AvgIpc) is 2.26. The summed E-state index contributed by atoms with van der Waals surface area (Å²) >= 11 is 0. The van der Waals surface area contributed by atoms with E-state index in [-0.39, 0.29) is 6.42 Å². The minimum Gasteiger partial charge on any atom is -0.481 e. The van der Waals surface area contributed by atoms with E-state index in [1.165, 1.54) is 6.92 Å². The maximum atomic E-state index is 11.5. The molecule has 0 heterocycles. The molecule has 0 amide bonds. The van der Waals surface area contributed by atoms with Crippen LogP contribution in [0.3, 0.4) is 0 Å². The zero-order valence-electron chi connectivity index (χ0n) is 12.1. The van der Waals surface area contributed by atoms with E-state index in [0.717, 1.165) is 0 Å². The molecular formula is C13H22O6. The van der Waals surface area contributed by atoms with Crippen LogP contribution < -0.4 is 0 Å². The Bertz CT molecular complexity index is 342. The standard InChI is InChI=1S/C13H22O6/c1-8(10(14)15)6-9(2)11(16)18-7-19-12(17)13(3,4)5/h8-9H,6-7H2,1-5H3,(H,14,15)/t8-,9-/m1/s1. The number of carbonyl (C=O) groups excluding carboxylic acids is 2. The molecule has 0 aromatic carbocycles. The SMILES string of the molecule is C[C@H](C[C@@H](C)C(=O)OCOC(=O)C(C)(C)C)C(=O)O. The molecule has 0 aliphatic carbocycles. The van der Waals surface area contributed by atoms with E-state index in [1.807, 2.05) is 0 Å². The third-order valence-electron chi connectivity index (χ3n) is 2.53. The molecule has 0 saturated carbocycles. The molecule has 1 N–H and O–H groups in total. The lowest BCUT2D eigenvalue weighted by atomic mass is 9.97. The van der Waals surface area contributed by atoms with Crippen LogP contribution >= 0.6 is 0 Å². The summed E-state index contributed by atoms with van der Waals surface area (Å²) in [6.45, 7) is 7.72. The van der Waals surface area contributed by atoms with Crippen LogP contribution in [0.5, 0.6) is 0 Å². The molecule has 110 valence electrons. The van der Waals surface area contributed by atoms with Crippen molar-refractivity contribution in [3.8, 4) is 0 Å². The van der Waals surface area contributed by atoms with Gasteiger partial charge in [0, 0.05) is 0 Å². The van der Waals surface area contributed by atoms with Crippen LogP contribution in [0.15, 0.2) is 0 Å². The number of carboxylic acid groups (broad SMARTS) is 1. The van der Waals surface area contributed by atoms with Gasteiger partial charge in [-0.1, -0.05) is 13.8 Å². The van der Waals surface area contributed by atoms with E-state index < -0.39 is 42.0 Å². The van der Waals surface area contributed by atoms with Crippen LogP contribution in [0.4, 0.5) is 0 Å². The Morgan fingerprint density at radius 3 is 2.00 bits per heavy atom. The molecule has 19 heavy (non-hydrogen) atoms. The first kappa shape index (κ1) is 17.4. The fourth-order valence-corrected chi connectivity index (χ4v) is 1.23. The largest absolute Gasteiger partial charge is 0.481 e. The molecule has 0 bridgehead atoms. The quantitative estimate of drug-likeness (QED) is 0.587. The highest BCUT2D eigenvalue weighted by Crippen LogP contribution is 2.16. The van der Waals surface area contributed by atoms with Crippen LogP contribution in [0.2, 0.25) is 0 Å². The molecular weight excluding hydrogens is 252 g/mol. The second-order valence-electron chi connectivity index (χ2n) is 5.64. The van der Waals surface area contributed by atoms with Crippen LogP contribution in [0.25, 0.3) is 0 Å². The van der Waals surface area contributed by atoms with Crippen molar-refractivity contribution in [1.29, 1.82) is 0 Å².